The van der Waals surface area contributed by atoms with Crippen LogP contribution in [0.15, 0.2) is 35.4 Å². The fraction of sp³-hybridized carbons (Fsp3) is 0.522. The van der Waals surface area contributed by atoms with Gasteiger partial charge in [0.2, 0.25) is 0 Å². The summed E-state index contributed by atoms with van der Waals surface area (Å²) >= 11 is 0. The number of nitrogens with zero attached hydrogens (tertiary/aromatic N) is 1. The summed E-state index contributed by atoms with van der Waals surface area (Å²) in [5, 5.41) is 33.0. The fourth-order valence-electron chi connectivity index (χ4n) is 5.54. The van der Waals surface area contributed by atoms with Crippen LogP contribution in [-0.4, -0.2) is 57.3 Å². The number of halogens is 2. The molecule has 8 nitrogen and oxygen atoms in total. The summed E-state index contributed by atoms with van der Waals surface area (Å²) < 4.78 is 54.7. The zero-order valence-electron chi connectivity index (χ0n) is 18.8. The lowest BCUT2D eigenvalue weighted by molar-refractivity contribution is -0.172. The Kier molecular flexibility index (Phi) is 6.34. The number of rotatable bonds is 6. The Balaban J connectivity index is 1.55. The van der Waals surface area contributed by atoms with E-state index in [9.17, 15) is 37.3 Å². The maximum absolute atomic E-state index is 13.4. The molecule has 2 bridgehead atoms. The van der Waals surface area contributed by atoms with Crippen LogP contribution in [0.2, 0.25) is 0 Å². The highest BCUT2D eigenvalue weighted by Gasteiger charge is 2.59. The maximum atomic E-state index is 13.4. The second kappa shape index (κ2) is 8.71. The molecule has 4 rings (SSSR count). The zero-order valence-corrected chi connectivity index (χ0v) is 19.6. The molecule has 1 aromatic carbocycles. The molecular weight excluding hydrogens is 470 g/mol. The Bertz CT molecular complexity index is 1200. The zero-order chi connectivity index (χ0) is 25.0. The standard InChI is InChI=1S/C23H28F2N2O6S/c1-12(28)21(29)23(31)13-3-4-14(23)8-16(7-13)34(32,33)17-10-20(27(2)11-17)22(30)26-15-5-6-18(24)19(25)9-15/h5-6,9-14,16,21,28-29,31H,3-4,7-8H2,1-2H3,(H,26,30)/t12-,13?,14?,16-,21+,23-/m0/s1. The van der Waals surface area contributed by atoms with Crippen LogP contribution in [0.5, 0.6) is 0 Å². The number of carbonyl (C=O) groups is 1. The van der Waals surface area contributed by atoms with Crippen LogP contribution in [0.25, 0.3) is 0 Å². The van der Waals surface area contributed by atoms with Gasteiger partial charge in [-0.1, -0.05) is 0 Å². The van der Waals surface area contributed by atoms with Gasteiger partial charge in [-0.05, 0) is 62.6 Å². The van der Waals surface area contributed by atoms with Crippen molar-refractivity contribution in [2.24, 2.45) is 18.9 Å². The van der Waals surface area contributed by atoms with E-state index in [1.54, 1.807) is 0 Å². The number of hydrogen-bond donors (Lipinski definition) is 4. The van der Waals surface area contributed by atoms with Crippen molar-refractivity contribution in [1.29, 1.82) is 0 Å². The van der Waals surface area contributed by atoms with Crippen molar-refractivity contribution in [3.8, 4) is 0 Å². The van der Waals surface area contributed by atoms with Gasteiger partial charge in [0.05, 0.1) is 21.9 Å². The molecule has 2 aliphatic rings. The molecule has 1 heterocycles. The largest absolute Gasteiger partial charge is 0.391 e. The first-order chi connectivity index (χ1) is 15.9. The van der Waals surface area contributed by atoms with Crippen LogP contribution >= 0.6 is 0 Å². The first-order valence-electron chi connectivity index (χ1n) is 11.1. The van der Waals surface area contributed by atoms with Crippen molar-refractivity contribution in [1.82, 2.24) is 4.57 Å². The smallest absolute Gasteiger partial charge is 0.272 e. The lowest BCUT2D eigenvalue weighted by Gasteiger charge is -2.46. The first-order valence-corrected chi connectivity index (χ1v) is 12.7. The number of carbonyl (C=O) groups excluding carboxylic acids is 1. The average molecular weight is 499 g/mol. The van der Waals surface area contributed by atoms with Gasteiger partial charge < -0.3 is 25.2 Å². The highest BCUT2D eigenvalue weighted by molar-refractivity contribution is 7.92. The van der Waals surface area contributed by atoms with Gasteiger partial charge in [0, 0.05) is 25.0 Å². The van der Waals surface area contributed by atoms with Gasteiger partial charge >= 0.3 is 0 Å². The molecule has 2 aliphatic carbocycles. The van der Waals surface area contributed by atoms with E-state index in [1.165, 1.54) is 36.9 Å². The van der Waals surface area contributed by atoms with Gasteiger partial charge in [-0.15, -0.1) is 0 Å². The molecule has 1 amide bonds. The monoisotopic (exact) mass is 498 g/mol. The Morgan fingerprint density at radius 2 is 1.76 bits per heavy atom. The molecule has 0 aliphatic heterocycles. The molecule has 4 atom stereocenters. The van der Waals surface area contributed by atoms with Crippen molar-refractivity contribution in [2.45, 2.75) is 60.6 Å². The van der Waals surface area contributed by atoms with Crippen LogP contribution < -0.4 is 5.32 Å². The predicted octanol–water partition coefficient (Wildman–Crippen LogP) is 1.99. The number of hydrogen-bond acceptors (Lipinski definition) is 6. The van der Waals surface area contributed by atoms with Crippen LogP contribution in [0.4, 0.5) is 14.5 Å². The van der Waals surface area contributed by atoms with Crippen molar-refractivity contribution in [3.05, 3.63) is 47.8 Å². The van der Waals surface area contributed by atoms with Crippen LogP contribution in [0, 0.1) is 23.5 Å². The number of aryl methyl sites for hydroxylation is 1. The average Bonchev–Trinajstić information content (AvgIpc) is 3.21. The summed E-state index contributed by atoms with van der Waals surface area (Å²) in [5.41, 5.74) is -1.50. The van der Waals surface area contributed by atoms with Gasteiger partial charge in [0.1, 0.15) is 11.8 Å². The molecule has 11 heteroatoms. The highest BCUT2D eigenvalue weighted by Crippen LogP contribution is 2.53. The van der Waals surface area contributed by atoms with Crippen molar-refractivity contribution in [2.75, 3.05) is 5.32 Å². The van der Waals surface area contributed by atoms with Gasteiger partial charge in [0.15, 0.2) is 21.5 Å². The summed E-state index contributed by atoms with van der Waals surface area (Å²) in [6.45, 7) is 1.39. The number of anilines is 1. The van der Waals surface area contributed by atoms with Gasteiger partial charge in [-0.2, -0.15) is 0 Å². The summed E-state index contributed by atoms with van der Waals surface area (Å²) in [5.74, 6) is -3.82. The minimum absolute atomic E-state index is 0.0168. The summed E-state index contributed by atoms with van der Waals surface area (Å²) in [6, 6.07) is 4.13. The Hall–Kier alpha value is -2.34. The molecule has 0 radical (unpaired) electrons. The minimum atomic E-state index is -3.87. The molecule has 2 unspecified atom stereocenters. The lowest BCUT2D eigenvalue weighted by atomic mass is 9.70. The molecule has 2 fully saturated rings. The van der Waals surface area contributed by atoms with Gasteiger partial charge in [0.25, 0.3) is 5.91 Å². The summed E-state index contributed by atoms with van der Waals surface area (Å²) in [4.78, 5) is 12.6. The number of nitrogens with one attached hydrogen (secondary N) is 1. The molecule has 4 N–H and O–H groups in total. The third kappa shape index (κ3) is 4.04. The second-order valence-electron chi connectivity index (χ2n) is 9.44. The van der Waals surface area contributed by atoms with E-state index in [0.29, 0.717) is 12.8 Å². The van der Waals surface area contributed by atoms with Gasteiger partial charge in [-0.3, -0.25) is 4.79 Å². The lowest BCUT2D eigenvalue weighted by Crippen LogP contribution is -2.58. The van der Waals surface area contributed by atoms with Gasteiger partial charge in [-0.25, -0.2) is 17.2 Å². The number of aliphatic hydroxyl groups excluding tert-OH is 2. The number of fused-ring (bicyclic) bond motifs is 2. The fourth-order valence-corrected chi connectivity index (χ4v) is 7.48. The Morgan fingerprint density at radius 1 is 1.15 bits per heavy atom. The van der Waals surface area contributed by atoms with E-state index in [2.05, 4.69) is 5.32 Å². The SMILES string of the molecule is C[C@H](O)[C@@H](O)[C@]1(O)C2CCC1C[C@@H](S(=O)(=O)c1cc(C(=O)Nc3ccc(F)c(F)c3)n(C)c1)C2. The van der Waals surface area contributed by atoms with Crippen molar-refractivity contribution >= 4 is 21.4 Å². The second-order valence-corrected chi connectivity index (χ2v) is 11.7. The molecular formula is C23H28F2N2O6S. The molecule has 0 spiro atoms. The molecule has 2 saturated carbocycles. The van der Waals surface area contributed by atoms with Crippen LogP contribution in [0.1, 0.15) is 43.1 Å². The number of sulfone groups is 1. The highest BCUT2D eigenvalue weighted by atomic mass is 32.2. The predicted molar refractivity (Wildman–Crippen MR) is 119 cm³/mol. The molecule has 2 aromatic rings. The number of aliphatic hydroxyl groups is 3. The Morgan fingerprint density at radius 3 is 2.32 bits per heavy atom. The number of amides is 1. The molecule has 186 valence electrons. The number of aromatic nitrogens is 1. The quantitative estimate of drug-likeness (QED) is 0.482. The molecule has 1 aromatic heterocycles. The van der Waals surface area contributed by atoms with Crippen molar-refractivity contribution in [3.63, 3.8) is 0 Å². The molecule has 0 saturated heterocycles. The third-order valence-electron chi connectivity index (χ3n) is 7.35. The normalized spacial score (nSPS) is 28.5. The number of benzene rings is 1. The summed E-state index contributed by atoms with van der Waals surface area (Å²) in [7, 11) is -2.37. The van der Waals surface area contributed by atoms with Crippen LogP contribution in [-0.2, 0) is 16.9 Å². The topological polar surface area (TPSA) is 129 Å². The Labute approximate surface area is 196 Å². The molecule has 34 heavy (non-hydrogen) atoms. The van der Waals surface area contributed by atoms with E-state index < -0.39 is 62.3 Å². The van der Waals surface area contributed by atoms with Crippen molar-refractivity contribution < 1.29 is 37.3 Å². The van der Waals surface area contributed by atoms with E-state index in [0.717, 1.165) is 12.1 Å². The minimum Gasteiger partial charge on any atom is -0.391 e. The van der Waals surface area contributed by atoms with E-state index in [-0.39, 0.29) is 29.1 Å². The van der Waals surface area contributed by atoms with E-state index >= 15 is 0 Å². The van der Waals surface area contributed by atoms with Crippen LogP contribution in [0.3, 0.4) is 0 Å². The third-order valence-corrected chi connectivity index (χ3v) is 9.50. The first kappa shape index (κ1) is 24.8. The van der Waals surface area contributed by atoms with E-state index in [4.69, 9.17) is 0 Å². The summed E-state index contributed by atoms with van der Waals surface area (Å²) in [6.07, 6.45) is 0.168. The van der Waals surface area contributed by atoms with E-state index in [1.807, 2.05) is 0 Å². The maximum Gasteiger partial charge on any atom is 0.272 e.